The number of piperazine rings is 1. The molecule has 0 aliphatic carbocycles. The fourth-order valence-electron chi connectivity index (χ4n) is 3.13. The van der Waals surface area contributed by atoms with E-state index in [2.05, 4.69) is 0 Å². The van der Waals surface area contributed by atoms with Crippen LogP contribution in [-0.4, -0.2) is 84.1 Å². The molecule has 2 rings (SSSR count). The first-order chi connectivity index (χ1) is 12.2. The SMILES string of the molecule is COc1ccc(OC)c(S(=O)(=O)N2CC[NH+]([C@H](C)C(=O)N(C)C)CC2)c1. The zero-order valence-electron chi connectivity index (χ0n) is 16.0. The lowest BCUT2D eigenvalue weighted by atomic mass is 10.2. The van der Waals surface area contributed by atoms with Gasteiger partial charge in [0.2, 0.25) is 10.0 Å². The highest BCUT2D eigenvalue weighted by Gasteiger charge is 2.36. The van der Waals surface area contributed by atoms with E-state index in [-0.39, 0.29) is 22.6 Å². The van der Waals surface area contributed by atoms with E-state index < -0.39 is 10.0 Å². The Bertz CT molecular complexity index is 743. The molecule has 1 aliphatic rings. The molecule has 1 aromatic rings. The molecule has 1 aromatic carbocycles. The third-order valence-corrected chi connectivity index (χ3v) is 6.70. The third-order valence-electron chi connectivity index (χ3n) is 4.78. The Morgan fingerprint density at radius 3 is 2.31 bits per heavy atom. The molecule has 0 spiro atoms. The number of hydrogen-bond donors (Lipinski definition) is 1. The van der Waals surface area contributed by atoms with Gasteiger partial charge < -0.3 is 19.3 Å². The maximum Gasteiger partial charge on any atom is 0.280 e. The molecule has 1 aliphatic heterocycles. The lowest BCUT2D eigenvalue weighted by molar-refractivity contribution is -0.917. The normalized spacial score (nSPS) is 17.6. The van der Waals surface area contributed by atoms with Gasteiger partial charge in [-0.05, 0) is 19.1 Å². The summed E-state index contributed by atoms with van der Waals surface area (Å²) in [5.74, 6) is 0.793. The summed E-state index contributed by atoms with van der Waals surface area (Å²) in [6.45, 7) is 3.73. The van der Waals surface area contributed by atoms with Gasteiger partial charge in [0.1, 0.15) is 16.4 Å². The Hall–Kier alpha value is -1.84. The van der Waals surface area contributed by atoms with E-state index in [4.69, 9.17) is 9.47 Å². The van der Waals surface area contributed by atoms with Crippen LogP contribution < -0.4 is 14.4 Å². The second-order valence-electron chi connectivity index (χ2n) is 6.53. The van der Waals surface area contributed by atoms with Crippen molar-refractivity contribution in [2.75, 3.05) is 54.5 Å². The first kappa shape index (κ1) is 20.5. The Labute approximate surface area is 155 Å². The maximum atomic E-state index is 13.1. The van der Waals surface area contributed by atoms with Crippen molar-refractivity contribution < 1.29 is 27.6 Å². The first-order valence-electron chi connectivity index (χ1n) is 8.50. The average molecular weight is 386 g/mol. The fourth-order valence-corrected chi connectivity index (χ4v) is 4.75. The van der Waals surface area contributed by atoms with Crippen molar-refractivity contribution in [3.8, 4) is 11.5 Å². The molecule has 0 radical (unpaired) electrons. The number of likely N-dealkylation sites (N-methyl/N-ethyl adjacent to an activating group) is 1. The van der Waals surface area contributed by atoms with Crippen LogP contribution in [0, 0.1) is 0 Å². The summed E-state index contributed by atoms with van der Waals surface area (Å²) >= 11 is 0. The summed E-state index contributed by atoms with van der Waals surface area (Å²) in [4.78, 5) is 14.9. The first-order valence-corrected chi connectivity index (χ1v) is 9.94. The molecule has 0 unspecified atom stereocenters. The number of rotatable bonds is 6. The number of nitrogens with zero attached hydrogens (tertiary/aromatic N) is 2. The quantitative estimate of drug-likeness (QED) is 0.683. The van der Waals surface area contributed by atoms with Crippen molar-refractivity contribution >= 4 is 15.9 Å². The van der Waals surface area contributed by atoms with Crippen molar-refractivity contribution in [1.82, 2.24) is 9.21 Å². The zero-order valence-corrected chi connectivity index (χ0v) is 16.8. The van der Waals surface area contributed by atoms with Crippen LogP contribution in [0.25, 0.3) is 0 Å². The zero-order chi connectivity index (χ0) is 19.5. The fraction of sp³-hybridized carbons (Fsp3) is 0.588. The summed E-state index contributed by atoms with van der Waals surface area (Å²) in [7, 11) is 2.69. The molecule has 1 atom stereocenters. The number of ether oxygens (including phenoxy) is 2. The van der Waals surface area contributed by atoms with E-state index in [9.17, 15) is 13.2 Å². The van der Waals surface area contributed by atoms with Gasteiger partial charge in [0.05, 0.1) is 40.4 Å². The topological polar surface area (TPSA) is 80.6 Å². The van der Waals surface area contributed by atoms with Gasteiger partial charge in [-0.15, -0.1) is 0 Å². The molecule has 1 amide bonds. The van der Waals surface area contributed by atoms with Gasteiger partial charge in [-0.25, -0.2) is 8.42 Å². The molecule has 1 saturated heterocycles. The van der Waals surface area contributed by atoms with Gasteiger partial charge in [0.25, 0.3) is 5.91 Å². The van der Waals surface area contributed by atoms with E-state index in [1.165, 1.54) is 24.6 Å². The van der Waals surface area contributed by atoms with Crippen LogP contribution >= 0.6 is 0 Å². The summed E-state index contributed by atoms with van der Waals surface area (Å²) in [5.41, 5.74) is 0. The van der Waals surface area contributed by atoms with E-state index in [1.807, 2.05) is 6.92 Å². The molecule has 9 heteroatoms. The number of methoxy groups -OCH3 is 2. The Morgan fingerprint density at radius 1 is 1.19 bits per heavy atom. The predicted molar refractivity (Wildman–Crippen MR) is 97.2 cm³/mol. The molecule has 26 heavy (non-hydrogen) atoms. The number of sulfonamides is 1. The van der Waals surface area contributed by atoms with E-state index in [0.29, 0.717) is 31.9 Å². The van der Waals surface area contributed by atoms with Crippen molar-refractivity contribution in [1.29, 1.82) is 0 Å². The molecule has 8 nitrogen and oxygen atoms in total. The number of amides is 1. The number of hydrogen-bond acceptors (Lipinski definition) is 5. The van der Waals surface area contributed by atoms with Gasteiger partial charge in [-0.1, -0.05) is 0 Å². The van der Waals surface area contributed by atoms with Gasteiger partial charge in [0, 0.05) is 20.2 Å². The largest absolute Gasteiger partial charge is 0.497 e. The number of carbonyl (C=O) groups excluding carboxylic acids is 1. The number of nitrogens with one attached hydrogen (secondary N) is 1. The Kier molecular flexibility index (Phi) is 6.48. The van der Waals surface area contributed by atoms with Crippen molar-refractivity contribution in [2.24, 2.45) is 0 Å². The Morgan fingerprint density at radius 2 is 1.81 bits per heavy atom. The maximum absolute atomic E-state index is 13.1. The molecular weight excluding hydrogens is 358 g/mol. The minimum atomic E-state index is -3.70. The molecule has 1 fully saturated rings. The second kappa shape index (κ2) is 8.24. The van der Waals surface area contributed by atoms with Crippen molar-refractivity contribution in [3.05, 3.63) is 18.2 Å². The number of benzene rings is 1. The van der Waals surface area contributed by atoms with Crippen LogP contribution in [0.15, 0.2) is 23.1 Å². The lowest BCUT2D eigenvalue weighted by Gasteiger charge is -2.35. The third kappa shape index (κ3) is 4.11. The highest BCUT2D eigenvalue weighted by atomic mass is 32.2. The summed E-state index contributed by atoms with van der Waals surface area (Å²) < 4.78 is 37.9. The highest BCUT2D eigenvalue weighted by molar-refractivity contribution is 7.89. The number of quaternary nitrogens is 1. The van der Waals surface area contributed by atoms with E-state index in [1.54, 1.807) is 31.1 Å². The van der Waals surface area contributed by atoms with Crippen LogP contribution in [0.5, 0.6) is 11.5 Å². The molecule has 146 valence electrons. The Balaban J connectivity index is 2.17. The molecule has 1 N–H and O–H groups in total. The minimum absolute atomic E-state index is 0.0470. The van der Waals surface area contributed by atoms with Crippen LogP contribution in [0.3, 0.4) is 0 Å². The van der Waals surface area contributed by atoms with Crippen LogP contribution in [-0.2, 0) is 14.8 Å². The van der Waals surface area contributed by atoms with E-state index in [0.717, 1.165) is 4.90 Å². The summed E-state index contributed by atoms with van der Waals surface area (Å²) in [5, 5.41) is 0. The predicted octanol–water partition coefficient (Wildman–Crippen LogP) is -0.930. The van der Waals surface area contributed by atoms with Crippen molar-refractivity contribution in [2.45, 2.75) is 17.9 Å². The molecular formula is C17H28N3O5S+. The number of carbonyl (C=O) groups is 1. The molecule has 0 aromatic heterocycles. The van der Waals surface area contributed by atoms with Gasteiger partial charge >= 0.3 is 0 Å². The highest BCUT2D eigenvalue weighted by Crippen LogP contribution is 2.30. The minimum Gasteiger partial charge on any atom is -0.497 e. The van der Waals surface area contributed by atoms with Crippen LogP contribution in [0.2, 0.25) is 0 Å². The van der Waals surface area contributed by atoms with Gasteiger partial charge in [-0.3, -0.25) is 4.79 Å². The van der Waals surface area contributed by atoms with Crippen LogP contribution in [0.4, 0.5) is 0 Å². The van der Waals surface area contributed by atoms with Gasteiger partial charge in [-0.2, -0.15) is 4.31 Å². The molecule has 0 bridgehead atoms. The summed E-state index contributed by atoms with van der Waals surface area (Å²) in [6, 6.07) is 4.53. The van der Waals surface area contributed by atoms with Crippen molar-refractivity contribution in [3.63, 3.8) is 0 Å². The standard InChI is InChI=1S/C17H27N3O5S/c1-13(17(21)18(2)3)19-8-10-20(11-9-19)26(22,23)16-12-14(24-4)6-7-15(16)25-5/h6-7,12-13H,8-11H2,1-5H3/p+1/t13-/m1/s1. The lowest BCUT2D eigenvalue weighted by Crippen LogP contribution is -3.19. The van der Waals surface area contributed by atoms with E-state index >= 15 is 0 Å². The summed E-state index contributed by atoms with van der Waals surface area (Å²) in [6.07, 6.45) is 0. The molecule has 1 heterocycles. The molecule has 0 saturated carbocycles. The smallest absolute Gasteiger partial charge is 0.280 e. The average Bonchev–Trinajstić information content (AvgIpc) is 2.66. The second-order valence-corrected chi connectivity index (χ2v) is 8.44. The van der Waals surface area contributed by atoms with Crippen LogP contribution in [0.1, 0.15) is 6.92 Å². The monoisotopic (exact) mass is 386 g/mol. The van der Waals surface area contributed by atoms with Gasteiger partial charge in [0.15, 0.2) is 6.04 Å².